The van der Waals surface area contributed by atoms with Crippen molar-refractivity contribution in [1.82, 2.24) is 34.7 Å². The Morgan fingerprint density at radius 2 is 1.91 bits per heavy atom. The number of rotatable bonds is 6. The number of nitrogen functional groups attached to an aromatic ring is 1. The van der Waals surface area contributed by atoms with E-state index >= 15 is 0 Å². The second kappa shape index (κ2) is 8.91. The van der Waals surface area contributed by atoms with Crippen molar-refractivity contribution in [2.75, 3.05) is 17.6 Å². The maximum absolute atomic E-state index is 13.5. The molecule has 0 atom stereocenters. The van der Waals surface area contributed by atoms with Gasteiger partial charge in [0.2, 0.25) is 5.82 Å². The minimum atomic E-state index is -0.167. The van der Waals surface area contributed by atoms with Gasteiger partial charge in [-0.05, 0) is 34.9 Å². The second-order valence-corrected chi connectivity index (χ2v) is 7.98. The number of aromatic nitrogens is 7. The lowest BCUT2D eigenvalue weighted by Crippen LogP contribution is -2.24. The minimum absolute atomic E-state index is 0.167. The van der Waals surface area contributed by atoms with E-state index in [1.807, 2.05) is 48.5 Å². The average Bonchev–Trinajstić information content (AvgIpc) is 3.25. The molecule has 3 aromatic heterocycles. The van der Waals surface area contributed by atoms with Crippen molar-refractivity contribution in [3.05, 3.63) is 82.0 Å². The molecule has 0 aliphatic heterocycles. The summed E-state index contributed by atoms with van der Waals surface area (Å²) in [5.74, 6) is 1.05. The van der Waals surface area contributed by atoms with Gasteiger partial charge in [-0.3, -0.25) is 9.36 Å². The lowest BCUT2D eigenvalue weighted by atomic mass is 10.1. The van der Waals surface area contributed by atoms with Crippen molar-refractivity contribution < 1.29 is 0 Å². The summed E-state index contributed by atoms with van der Waals surface area (Å²) in [7, 11) is 1.67. The van der Waals surface area contributed by atoms with Crippen molar-refractivity contribution in [3.8, 4) is 17.1 Å². The van der Waals surface area contributed by atoms with Crippen molar-refractivity contribution in [1.29, 1.82) is 0 Å². The van der Waals surface area contributed by atoms with E-state index in [0.29, 0.717) is 40.6 Å². The Kier molecular flexibility index (Phi) is 5.64. The van der Waals surface area contributed by atoms with Gasteiger partial charge in [-0.2, -0.15) is 4.80 Å². The number of nitrogens with one attached hydrogen (secondary N) is 1. The predicted octanol–water partition coefficient (Wildman–Crippen LogP) is 2.86. The first kappa shape index (κ1) is 21.5. The maximum atomic E-state index is 13.5. The lowest BCUT2D eigenvalue weighted by Gasteiger charge is -2.16. The Morgan fingerprint density at radius 1 is 1.09 bits per heavy atom. The minimum Gasteiger partial charge on any atom is -0.383 e. The van der Waals surface area contributed by atoms with Crippen LogP contribution in [0.5, 0.6) is 0 Å². The third-order valence-corrected chi connectivity index (χ3v) is 5.68. The number of nitrogens with two attached hydrogens (primary N) is 1. The smallest absolute Gasteiger partial charge is 0.264 e. The molecule has 3 heterocycles. The van der Waals surface area contributed by atoms with Gasteiger partial charge in [0.1, 0.15) is 23.5 Å². The molecule has 170 valence electrons. The Balaban J connectivity index is 1.51. The van der Waals surface area contributed by atoms with E-state index < -0.39 is 0 Å². The molecule has 0 aliphatic carbocycles. The number of para-hydroxylation sites is 1. The van der Waals surface area contributed by atoms with Crippen LogP contribution in [-0.4, -0.2) is 41.3 Å². The zero-order chi connectivity index (χ0) is 23.7. The highest BCUT2D eigenvalue weighted by atomic mass is 35.5. The van der Waals surface area contributed by atoms with Crippen molar-refractivity contribution in [2.24, 2.45) is 7.05 Å². The molecular weight excluding hydrogens is 454 g/mol. The van der Waals surface area contributed by atoms with Crippen LogP contribution in [0.4, 0.5) is 11.6 Å². The van der Waals surface area contributed by atoms with E-state index in [4.69, 9.17) is 17.3 Å². The molecule has 0 spiro atoms. The summed E-state index contributed by atoms with van der Waals surface area (Å²) in [6.07, 6.45) is 1.89. The molecule has 0 unspecified atom stereocenters. The van der Waals surface area contributed by atoms with Gasteiger partial charge in [0.15, 0.2) is 0 Å². The van der Waals surface area contributed by atoms with E-state index in [1.54, 1.807) is 17.7 Å². The first-order valence-electron chi connectivity index (χ1n) is 10.5. The Hall–Kier alpha value is -4.31. The van der Waals surface area contributed by atoms with E-state index in [9.17, 15) is 4.79 Å². The Labute approximate surface area is 199 Å². The summed E-state index contributed by atoms with van der Waals surface area (Å²) < 4.78 is 1.69. The number of aryl methyl sites for hydroxylation is 1. The number of nitrogens with zero attached hydrogens (tertiary/aromatic N) is 7. The number of halogens is 1. The molecule has 0 aliphatic rings. The molecule has 0 saturated heterocycles. The maximum Gasteiger partial charge on any atom is 0.264 e. The summed E-state index contributed by atoms with van der Waals surface area (Å²) in [6, 6.07) is 16.9. The fourth-order valence-corrected chi connectivity index (χ4v) is 4.13. The molecule has 34 heavy (non-hydrogen) atoms. The summed E-state index contributed by atoms with van der Waals surface area (Å²) in [6.45, 7) is 0.460. The van der Waals surface area contributed by atoms with Crippen LogP contribution >= 0.6 is 11.6 Å². The first-order valence-corrected chi connectivity index (χ1v) is 10.9. The summed E-state index contributed by atoms with van der Waals surface area (Å²) in [5, 5.41) is 17.1. The van der Waals surface area contributed by atoms with Gasteiger partial charge < -0.3 is 11.1 Å². The number of anilines is 2. The van der Waals surface area contributed by atoms with Gasteiger partial charge in [-0.15, -0.1) is 10.2 Å². The van der Waals surface area contributed by atoms with E-state index in [0.717, 1.165) is 16.8 Å². The number of hydrogen-bond donors (Lipinski definition) is 2. The normalized spacial score (nSPS) is 11.1. The quantitative estimate of drug-likeness (QED) is 0.385. The molecule has 0 saturated carbocycles. The number of benzene rings is 2. The highest BCUT2D eigenvalue weighted by Crippen LogP contribution is 2.27. The predicted molar refractivity (Wildman–Crippen MR) is 131 cm³/mol. The van der Waals surface area contributed by atoms with Crippen LogP contribution < -0.4 is 16.6 Å². The summed E-state index contributed by atoms with van der Waals surface area (Å²) in [5.41, 5.74) is 7.97. The van der Waals surface area contributed by atoms with E-state index in [-0.39, 0.29) is 11.4 Å². The zero-order valence-electron chi connectivity index (χ0n) is 18.2. The number of hydrogen-bond acceptors (Lipinski definition) is 8. The molecule has 0 radical (unpaired) electrons. The van der Waals surface area contributed by atoms with Gasteiger partial charge >= 0.3 is 0 Å². The standard InChI is InChI=1S/C23H20ClN9O/c1-32-30-22(29-31-32)19-20(25)27-13-28-21(19)26-11-10-16-12-14-6-5-9-17(24)18(14)23(34)33(16)15-7-3-2-4-8-15/h2-9,12-13H,10-11H2,1H3,(H3,25,26,27,28). The second-order valence-electron chi connectivity index (χ2n) is 7.58. The van der Waals surface area contributed by atoms with Gasteiger partial charge in [0.05, 0.1) is 17.5 Å². The van der Waals surface area contributed by atoms with Crippen LogP contribution in [0.1, 0.15) is 5.69 Å². The average molecular weight is 474 g/mol. The van der Waals surface area contributed by atoms with Gasteiger partial charge in [0, 0.05) is 24.3 Å². The molecule has 5 aromatic rings. The van der Waals surface area contributed by atoms with E-state index in [1.165, 1.54) is 11.1 Å². The van der Waals surface area contributed by atoms with Crippen molar-refractivity contribution >= 4 is 34.0 Å². The Bertz CT molecular complexity index is 1550. The first-order chi connectivity index (χ1) is 16.5. The molecule has 5 rings (SSSR count). The largest absolute Gasteiger partial charge is 0.383 e. The van der Waals surface area contributed by atoms with Crippen LogP contribution in [0.25, 0.3) is 27.8 Å². The van der Waals surface area contributed by atoms with Crippen LogP contribution in [0.3, 0.4) is 0 Å². The molecule has 0 bridgehead atoms. The van der Waals surface area contributed by atoms with Crippen molar-refractivity contribution in [2.45, 2.75) is 6.42 Å². The molecule has 11 heteroatoms. The van der Waals surface area contributed by atoms with Gasteiger partial charge in [0.25, 0.3) is 5.56 Å². The lowest BCUT2D eigenvalue weighted by molar-refractivity contribution is 0.630. The third kappa shape index (κ3) is 3.95. The highest BCUT2D eigenvalue weighted by Gasteiger charge is 2.17. The van der Waals surface area contributed by atoms with Gasteiger partial charge in [-0.25, -0.2) is 9.97 Å². The van der Waals surface area contributed by atoms with Crippen LogP contribution in [0, 0.1) is 0 Å². The summed E-state index contributed by atoms with van der Waals surface area (Å²) >= 11 is 6.38. The van der Waals surface area contributed by atoms with Crippen LogP contribution in [0.2, 0.25) is 5.02 Å². The number of fused-ring (bicyclic) bond motifs is 1. The fraction of sp³-hybridized carbons (Fsp3) is 0.130. The van der Waals surface area contributed by atoms with Gasteiger partial charge in [-0.1, -0.05) is 41.9 Å². The van der Waals surface area contributed by atoms with E-state index in [2.05, 4.69) is 30.7 Å². The molecule has 10 nitrogen and oxygen atoms in total. The van der Waals surface area contributed by atoms with Crippen LogP contribution in [0.15, 0.2) is 65.7 Å². The van der Waals surface area contributed by atoms with Crippen molar-refractivity contribution in [3.63, 3.8) is 0 Å². The number of pyridine rings is 1. The molecular formula is C23H20ClN9O. The SMILES string of the molecule is Cn1nnc(-c2c(N)ncnc2NCCc2cc3cccc(Cl)c3c(=O)n2-c2ccccc2)n1. The zero-order valence-corrected chi connectivity index (χ0v) is 18.9. The molecule has 0 fully saturated rings. The Morgan fingerprint density at radius 3 is 2.68 bits per heavy atom. The molecule has 2 aromatic carbocycles. The summed E-state index contributed by atoms with van der Waals surface area (Å²) in [4.78, 5) is 23.2. The highest BCUT2D eigenvalue weighted by molar-refractivity contribution is 6.35. The molecule has 3 N–H and O–H groups in total. The number of tetrazole rings is 1. The molecule has 0 amide bonds. The third-order valence-electron chi connectivity index (χ3n) is 5.37. The van der Waals surface area contributed by atoms with Crippen LogP contribution in [-0.2, 0) is 13.5 Å². The topological polar surface area (TPSA) is 129 Å². The fourth-order valence-electron chi connectivity index (χ4n) is 3.86. The monoisotopic (exact) mass is 473 g/mol.